The third-order valence-corrected chi connectivity index (χ3v) is 2.79. The molecule has 96 valence electrons. The van der Waals surface area contributed by atoms with Crippen LogP contribution in [-0.4, -0.2) is 24.4 Å². The van der Waals surface area contributed by atoms with E-state index in [1.54, 1.807) is 6.07 Å². The first kappa shape index (κ1) is 12.5. The lowest BCUT2D eigenvalue weighted by Gasteiger charge is -2.12. The Kier molecular flexibility index (Phi) is 3.88. The second kappa shape index (κ2) is 5.59. The molecule has 2 rings (SSSR count). The molecular weight excluding hydrogens is 237 g/mol. The fourth-order valence-electron chi connectivity index (χ4n) is 1.83. The van der Waals surface area contributed by atoms with E-state index in [-0.39, 0.29) is 17.5 Å². The van der Waals surface area contributed by atoms with Gasteiger partial charge in [0.15, 0.2) is 0 Å². The van der Waals surface area contributed by atoms with Crippen molar-refractivity contribution in [1.29, 1.82) is 0 Å². The first-order valence-electron chi connectivity index (χ1n) is 5.76. The third-order valence-electron chi connectivity index (χ3n) is 2.79. The summed E-state index contributed by atoms with van der Waals surface area (Å²) < 4.78 is 13.3. The van der Waals surface area contributed by atoms with E-state index in [1.807, 2.05) is 0 Å². The second-order valence-electron chi connectivity index (χ2n) is 4.07. The fraction of sp³-hybridized carbons (Fsp3) is 0.333. The Bertz CT molecular complexity index is 458. The molecule has 1 unspecified atom stereocenters. The number of benzene rings is 1. The number of nitrogens with one attached hydrogen (secondary N) is 3. The van der Waals surface area contributed by atoms with Crippen LogP contribution in [0.25, 0.3) is 0 Å². The molecule has 1 heterocycles. The maximum atomic E-state index is 13.3. The number of hydrogen-bond acceptors (Lipinski definition) is 3. The highest BCUT2D eigenvalue weighted by atomic mass is 19.1. The topological polar surface area (TPSA) is 70.2 Å². The number of halogens is 1. The van der Waals surface area contributed by atoms with E-state index in [0.717, 1.165) is 19.4 Å². The van der Waals surface area contributed by atoms with Gasteiger partial charge in [-0.3, -0.25) is 20.4 Å². The van der Waals surface area contributed by atoms with Crippen molar-refractivity contribution in [1.82, 2.24) is 16.2 Å². The van der Waals surface area contributed by atoms with Crippen molar-refractivity contribution in [3.63, 3.8) is 0 Å². The van der Waals surface area contributed by atoms with E-state index in [4.69, 9.17) is 0 Å². The molecule has 0 spiro atoms. The zero-order valence-electron chi connectivity index (χ0n) is 9.70. The van der Waals surface area contributed by atoms with Gasteiger partial charge in [-0.1, -0.05) is 12.1 Å². The Labute approximate surface area is 104 Å². The molecule has 6 heteroatoms. The SMILES string of the molecule is O=C(NNC(=O)C1CCCN1)c1ccccc1F. The number of rotatable bonds is 2. The van der Waals surface area contributed by atoms with Gasteiger partial charge in [-0.05, 0) is 31.5 Å². The van der Waals surface area contributed by atoms with Crippen molar-refractivity contribution in [3.8, 4) is 0 Å². The summed E-state index contributed by atoms with van der Waals surface area (Å²) in [5, 5.41) is 2.99. The van der Waals surface area contributed by atoms with Gasteiger partial charge in [0.1, 0.15) is 5.82 Å². The highest BCUT2D eigenvalue weighted by molar-refractivity contribution is 5.96. The summed E-state index contributed by atoms with van der Waals surface area (Å²) in [4.78, 5) is 23.2. The minimum absolute atomic E-state index is 0.0998. The highest BCUT2D eigenvalue weighted by Crippen LogP contribution is 2.06. The Hall–Kier alpha value is -1.95. The van der Waals surface area contributed by atoms with Crippen LogP contribution >= 0.6 is 0 Å². The normalized spacial score (nSPS) is 18.4. The summed E-state index contributed by atoms with van der Waals surface area (Å²) in [6.07, 6.45) is 1.67. The van der Waals surface area contributed by atoms with Gasteiger partial charge in [-0.2, -0.15) is 0 Å². The quantitative estimate of drug-likeness (QED) is 0.664. The first-order valence-corrected chi connectivity index (χ1v) is 5.76. The van der Waals surface area contributed by atoms with E-state index < -0.39 is 11.7 Å². The molecule has 0 bridgehead atoms. The molecule has 5 nitrogen and oxygen atoms in total. The highest BCUT2D eigenvalue weighted by Gasteiger charge is 2.22. The van der Waals surface area contributed by atoms with Gasteiger partial charge < -0.3 is 5.32 Å². The average molecular weight is 251 g/mol. The molecule has 0 radical (unpaired) electrons. The molecule has 18 heavy (non-hydrogen) atoms. The molecule has 2 amide bonds. The van der Waals surface area contributed by atoms with Gasteiger partial charge in [0.05, 0.1) is 11.6 Å². The van der Waals surface area contributed by atoms with E-state index in [0.29, 0.717) is 0 Å². The van der Waals surface area contributed by atoms with Crippen molar-refractivity contribution in [2.75, 3.05) is 6.54 Å². The van der Waals surface area contributed by atoms with E-state index in [2.05, 4.69) is 16.2 Å². The van der Waals surface area contributed by atoms with Crippen molar-refractivity contribution in [2.24, 2.45) is 0 Å². The molecular formula is C12H14FN3O2. The minimum atomic E-state index is -0.667. The number of amides is 2. The van der Waals surface area contributed by atoms with Gasteiger partial charge in [0, 0.05) is 0 Å². The van der Waals surface area contributed by atoms with Crippen LogP contribution in [0, 0.1) is 5.82 Å². The summed E-state index contributed by atoms with van der Waals surface area (Å²) >= 11 is 0. The average Bonchev–Trinajstić information content (AvgIpc) is 2.90. The lowest BCUT2D eigenvalue weighted by atomic mass is 10.2. The van der Waals surface area contributed by atoms with Gasteiger partial charge in [-0.15, -0.1) is 0 Å². The molecule has 1 aliphatic rings. The first-order chi connectivity index (χ1) is 8.68. The van der Waals surface area contributed by atoms with Crippen LogP contribution in [0.15, 0.2) is 24.3 Å². The maximum Gasteiger partial charge on any atom is 0.272 e. The minimum Gasteiger partial charge on any atom is -0.306 e. The molecule has 1 aromatic carbocycles. The lowest BCUT2D eigenvalue weighted by Crippen LogP contribution is -2.49. The Morgan fingerprint density at radius 1 is 1.28 bits per heavy atom. The van der Waals surface area contributed by atoms with Crippen LogP contribution in [0.4, 0.5) is 4.39 Å². The van der Waals surface area contributed by atoms with Crippen LogP contribution in [0.5, 0.6) is 0 Å². The van der Waals surface area contributed by atoms with Gasteiger partial charge in [-0.25, -0.2) is 4.39 Å². The van der Waals surface area contributed by atoms with Gasteiger partial charge in [0.25, 0.3) is 11.8 Å². The maximum absolute atomic E-state index is 13.3. The molecule has 1 saturated heterocycles. The largest absolute Gasteiger partial charge is 0.306 e. The summed E-state index contributed by atoms with van der Waals surface area (Å²) in [5.41, 5.74) is 4.38. The van der Waals surface area contributed by atoms with Gasteiger partial charge >= 0.3 is 0 Å². The standard InChI is InChI=1S/C12H14FN3O2/c13-9-5-2-1-4-8(9)11(17)15-16-12(18)10-6-3-7-14-10/h1-2,4-5,10,14H,3,6-7H2,(H,15,17)(H,16,18). The van der Waals surface area contributed by atoms with Crippen LogP contribution in [-0.2, 0) is 4.79 Å². The van der Waals surface area contributed by atoms with Crippen molar-refractivity contribution in [2.45, 2.75) is 18.9 Å². The molecule has 0 saturated carbocycles. The molecule has 1 aromatic rings. The summed E-state index contributed by atoms with van der Waals surface area (Å²) in [7, 11) is 0. The van der Waals surface area contributed by atoms with Crippen molar-refractivity contribution >= 4 is 11.8 Å². The summed E-state index contributed by atoms with van der Waals surface area (Å²) in [5.74, 6) is -1.60. The molecule has 1 atom stereocenters. The zero-order chi connectivity index (χ0) is 13.0. The number of carbonyl (C=O) groups is 2. The molecule has 0 aliphatic carbocycles. The van der Waals surface area contributed by atoms with Crippen LogP contribution in [0.3, 0.4) is 0 Å². The molecule has 3 N–H and O–H groups in total. The lowest BCUT2D eigenvalue weighted by molar-refractivity contribution is -0.123. The summed E-state index contributed by atoms with van der Waals surface area (Å²) in [6.45, 7) is 0.791. The van der Waals surface area contributed by atoms with Crippen LogP contribution in [0.1, 0.15) is 23.2 Å². The predicted octanol–water partition coefficient (Wildman–Crippen LogP) is 0.339. The fourth-order valence-corrected chi connectivity index (χ4v) is 1.83. The van der Waals surface area contributed by atoms with Gasteiger partial charge in [0.2, 0.25) is 0 Å². The van der Waals surface area contributed by atoms with Crippen molar-refractivity contribution < 1.29 is 14.0 Å². The van der Waals surface area contributed by atoms with Crippen LogP contribution < -0.4 is 16.2 Å². The van der Waals surface area contributed by atoms with E-state index in [9.17, 15) is 14.0 Å². The predicted molar refractivity (Wildman–Crippen MR) is 63.0 cm³/mol. The Balaban J connectivity index is 1.88. The van der Waals surface area contributed by atoms with E-state index >= 15 is 0 Å². The summed E-state index contributed by atoms with van der Waals surface area (Å²) in [6, 6.07) is 5.30. The Morgan fingerprint density at radius 3 is 2.72 bits per heavy atom. The number of hydrogen-bond donors (Lipinski definition) is 3. The smallest absolute Gasteiger partial charge is 0.272 e. The van der Waals surface area contributed by atoms with Crippen molar-refractivity contribution in [3.05, 3.63) is 35.6 Å². The van der Waals surface area contributed by atoms with Crippen LogP contribution in [0.2, 0.25) is 0 Å². The number of hydrazine groups is 1. The molecule has 1 aliphatic heterocycles. The number of carbonyl (C=O) groups excluding carboxylic acids is 2. The third kappa shape index (κ3) is 2.84. The van der Waals surface area contributed by atoms with E-state index in [1.165, 1.54) is 18.2 Å². The second-order valence-corrected chi connectivity index (χ2v) is 4.07. The Morgan fingerprint density at radius 2 is 2.06 bits per heavy atom. The zero-order valence-corrected chi connectivity index (χ0v) is 9.70. The molecule has 0 aromatic heterocycles. The molecule has 1 fully saturated rings. The monoisotopic (exact) mass is 251 g/mol.